The zero-order valence-electron chi connectivity index (χ0n) is 18.5. The number of aromatic amines is 1. The molecule has 3 aromatic rings. The minimum Gasteiger partial charge on any atom is -0.444 e. The highest BCUT2D eigenvalue weighted by Gasteiger charge is 2.38. The number of hydrogen-bond acceptors (Lipinski definition) is 5. The highest BCUT2D eigenvalue weighted by atomic mass is 79.9. The van der Waals surface area contributed by atoms with Gasteiger partial charge in [0.2, 0.25) is 0 Å². The number of ether oxygens (including phenoxy) is 1. The molecule has 1 saturated heterocycles. The average molecular weight is 486 g/mol. The molecule has 0 spiro atoms. The third-order valence-electron chi connectivity index (χ3n) is 5.43. The fourth-order valence-electron chi connectivity index (χ4n) is 4.03. The van der Waals surface area contributed by atoms with Crippen LogP contribution in [0.1, 0.15) is 39.7 Å². The van der Waals surface area contributed by atoms with Crippen molar-refractivity contribution in [2.45, 2.75) is 52.2 Å². The van der Waals surface area contributed by atoms with Crippen LogP contribution in [0.4, 0.5) is 10.5 Å². The molecule has 1 aromatic carbocycles. The van der Waals surface area contributed by atoms with E-state index < -0.39 is 17.2 Å². The fraction of sp³-hybridized carbons (Fsp3) is 0.435. The maximum atomic E-state index is 12.4. The van der Waals surface area contributed by atoms with Crippen LogP contribution in [0.3, 0.4) is 0 Å². The number of imidazole rings is 1. The Bertz CT molecular complexity index is 1140. The summed E-state index contributed by atoms with van der Waals surface area (Å²) in [5.74, 6) is 0.779. The van der Waals surface area contributed by atoms with Crippen LogP contribution in [-0.2, 0) is 4.74 Å². The number of anilines is 1. The Labute approximate surface area is 190 Å². The van der Waals surface area contributed by atoms with Gasteiger partial charge in [-0.2, -0.15) is 0 Å². The number of nitrogens with zero attached hydrogens (tertiary/aromatic N) is 3. The van der Waals surface area contributed by atoms with E-state index in [0.717, 1.165) is 51.1 Å². The van der Waals surface area contributed by atoms with Crippen LogP contribution in [-0.4, -0.2) is 45.3 Å². The zero-order valence-corrected chi connectivity index (χ0v) is 20.1. The quantitative estimate of drug-likeness (QED) is 0.533. The topological polar surface area (TPSA) is 83.1 Å². The van der Waals surface area contributed by atoms with Crippen LogP contribution >= 0.6 is 15.9 Å². The molecule has 3 heterocycles. The van der Waals surface area contributed by atoms with E-state index >= 15 is 0 Å². The lowest BCUT2D eigenvalue weighted by Gasteiger charge is -2.29. The largest absolute Gasteiger partial charge is 0.444 e. The third-order valence-corrected chi connectivity index (χ3v) is 6.02. The number of alkyl carbamates (subject to hydrolysis) is 1. The molecule has 2 N–H and O–H groups in total. The molecular weight excluding hydrogens is 458 g/mol. The van der Waals surface area contributed by atoms with Gasteiger partial charge in [0.25, 0.3) is 0 Å². The van der Waals surface area contributed by atoms with Crippen LogP contribution in [0.2, 0.25) is 0 Å². The molecule has 0 aliphatic carbocycles. The van der Waals surface area contributed by atoms with Gasteiger partial charge in [0.15, 0.2) is 0 Å². The number of fused-ring (bicyclic) bond motifs is 1. The van der Waals surface area contributed by atoms with Gasteiger partial charge in [-0.15, -0.1) is 0 Å². The van der Waals surface area contributed by atoms with E-state index in [2.05, 4.69) is 56.0 Å². The van der Waals surface area contributed by atoms with Gasteiger partial charge in [-0.25, -0.2) is 9.78 Å². The summed E-state index contributed by atoms with van der Waals surface area (Å²) in [6, 6.07) is 6.11. The number of amides is 1. The highest BCUT2D eigenvalue weighted by Crippen LogP contribution is 2.39. The Morgan fingerprint density at radius 2 is 2.10 bits per heavy atom. The van der Waals surface area contributed by atoms with Gasteiger partial charge in [0.1, 0.15) is 11.4 Å². The van der Waals surface area contributed by atoms with Crippen molar-refractivity contribution in [2.75, 3.05) is 18.0 Å². The average Bonchev–Trinajstić information content (AvgIpc) is 3.24. The normalized spacial score (nSPS) is 19.1. The van der Waals surface area contributed by atoms with E-state index in [4.69, 9.17) is 9.72 Å². The van der Waals surface area contributed by atoms with Gasteiger partial charge >= 0.3 is 6.09 Å². The Morgan fingerprint density at radius 3 is 2.81 bits per heavy atom. The van der Waals surface area contributed by atoms with Crippen molar-refractivity contribution in [3.05, 3.63) is 40.6 Å². The molecule has 1 aliphatic heterocycles. The van der Waals surface area contributed by atoms with E-state index in [1.807, 2.05) is 39.1 Å². The van der Waals surface area contributed by atoms with Crippen LogP contribution in [0.25, 0.3) is 22.4 Å². The van der Waals surface area contributed by atoms with Crippen molar-refractivity contribution >= 4 is 38.7 Å². The number of aromatic nitrogens is 3. The van der Waals surface area contributed by atoms with Gasteiger partial charge in [-0.1, -0.05) is 12.1 Å². The fourth-order valence-corrected chi connectivity index (χ4v) is 4.61. The Hall–Kier alpha value is -2.61. The van der Waals surface area contributed by atoms with E-state index in [-0.39, 0.29) is 0 Å². The predicted molar refractivity (Wildman–Crippen MR) is 126 cm³/mol. The van der Waals surface area contributed by atoms with Crippen LogP contribution in [0, 0.1) is 6.92 Å². The Kier molecular flexibility index (Phi) is 5.45. The van der Waals surface area contributed by atoms with Crippen LogP contribution < -0.4 is 10.2 Å². The minimum atomic E-state index is -0.528. The smallest absolute Gasteiger partial charge is 0.408 e. The number of carbonyl (C=O) groups excluding carboxylic acids is 1. The molecule has 1 atom stereocenters. The summed E-state index contributed by atoms with van der Waals surface area (Å²) in [5.41, 5.74) is 4.10. The summed E-state index contributed by atoms with van der Waals surface area (Å²) in [6.07, 6.45) is 4.05. The number of carbonyl (C=O) groups is 1. The van der Waals surface area contributed by atoms with Crippen LogP contribution in [0.15, 0.2) is 35.1 Å². The molecule has 0 bridgehead atoms. The second-order valence-corrected chi connectivity index (χ2v) is 10.3. The van der Waals surface area contributed by atoms with E-state index in [9.17, 15) is 4.79 Å². The SMILES string of the molecule is Cc1cccc2[nH]c(-c3cncc(Br)c3N3CC[C@](C)(NC(=O)OC(C)(C)C)C3)nc12. The Balaban J connectivity index is 1.63. The van der Waals surface area contributed by atoms with Crippen molar-refractivity contribution in [3.63, 3.8) is 0 Å². The van der Waals surface area contributed by atoms with Gasteiger partial charge < -0.3 is 19.9 Å². The molecule has 31 heavy (non-hydrogen) atoms. The summed E-state index contributed by atoms with van der Waals surface area (Å²) in [5, 5.41) is 3.06. The van der Waals surface area contributed by atoms with Crippen LogP contribution in [0.5, 0.6) is 0 Å². The molecule has 0 radical (unpaired) electrons. The maximum absolute atomic E-state index is 12.4. The van der Waals surface area contributed by atoms with Gasteiger partial charge in [0, 0.05) is 25.5 Å². The first-order valence-electron chi connectivity index (χ1n) is 10.4. The standard InChI is InChI=1S/C23H28BrN5O2/c1-14-7-6-8-17-18(14)27-20(26-17)15-11-25-12-16(24)19(15)29-10-9-23(5,13-29)28-21(30)31-22(2,3)4/h6-8,11-12H,9-10,13H2,1-5H3,(H,26,27)(H,28,30)/t23-/m0/s1. The maximum Gasteiger partial charge on any atom is 0.408 e. The summed E-state index contributed by atoms with van der Waals surface area (Å²) < 4.78 is 6.36. The number of H-pyrrole nitrogens is 1. The molecule has 0 saturated carbocycles. The number of hydrogen-bond donors (Lipinski definition) is 2. The highest BCUT2D eigenvalue weighted by molar-refractivity contribution is 9.10. The number of benzene rings is 1. The van der Waals surface area contributed by atoms with E-state index in [0.29, 0.717) is 6.54 Å². The number of aryl methyl sites for hydroxylation is 1. The van der Waals surface area contributed by atoms with Crippen molar-refractivity contribution in [2.24, 2.45) is 0 Å². The first-order chi connectivity index (χ1) is 14.5. The number of para-hydroxylation sites is 1. The molecule has 8 heteroatoms. The molecule has 1 fully saturated rings. The molecule has 1 aliphatic rings. The monoisotopic (exact) mass is 485 g/mol. The minimum absolute atomic E-state index is 0.390. The van der Waals surface area contributed by atoms with Crippen molar-refractivity contribution in [3.8, 4) is 11.4 Å². The number of rotatable bonds is 3. The Morgan fingerprint density at radius 1 is 1.32 bits per heavy atom. The molecule has 4 rings (SSSR count). The molecule has 0 unspecified atom stereocenters. The van der Waals surface area contributed by atoms with Gasteiger partial charge in [-0.05, 0) is 68.6 Å². The first kappa shape index (κ1) is 21.6. The lowest BCUT2D eigenvalue weighted by atomic mass is 10.0. The number of halogens is 1. The van der Waals surface area contributed by atoms with Gasteiger partial charge in [-0.3, -0.25) is 4.98 Å². The lowest BCUT2D eigenvalue weighted by Crippen LogP contribution is -2.49. The van der Waals surface area contributed by atoms with Gasteiger partial charge in [0.05, 0.1) is 32.3 Å². The lowest BCUT2D eigenvalue weighted by molar-refractivity contribution is 0.0473. The summed E-state index contributed by atoms with van der Waals surface area (Å²) in [6.45, 7) is 11.2. The zero-order chi connectivity index (χ0) is 22.4. The summed E-state index contributed by atoms with van der Waals surface area (Å²) in [7, 11) is 0. The summed E-state index contributed by atoms with van der Waals surface area (Å²) >= 11 is 3.68. The third kappa shape index (κ3) is 4.54. The van der Waals surface area contributed by atoms with Crippen molar-refractivity contribution < 1.29 is 9.53 Å². The molecule has 1 amide bonds. The second kappa shape index (κ2) is 7.82. The molecule has 7 nitrogen and oxygen atoms in total. The van der Waals surface area contributed by atoms with E-state index in [1.54, 1.807) is 6.20 Å². The predicted octanol–water partition coefficient (Wildman–Crippen LogP) is 5.19. The number of nitrogens with one attached hydrogen (secondary N) is 2. The number of pyridine rings is 1. The molecule has 164 valence electrons. The molecular formula is C23H28BrN5O2. The second-order valence-electron chi connectivity index (χ2n) is 9.43. The van der Waals surface area contributed by atoms with Crippen molar-refractivity contribution in [1.29, 1.82) is 0 Å². The summed E-state index contributed by atoms with van der Waals surface area (Å²) in [4.78, 5) is 27.3. The molecule has 2 aromatic heterocycles. The van der Waals surface area contributed by atoms with Crippen molar-refractivity contribution in [1.82, 2.24) is 20.3 Å². The first-order valence-corrected chi connectivity index (χ1v) is 11.2. The van der Waals surface area contributed by atoms with E-state index in [1.165, 1.54) is 0 Å².